The molecule has 4 nitrogen and oxygen atoms in total. The fourth-order valence-corrected chi connectivity index (χ4v) is 2.03. The Morgan fingerprint density at radius 3 is 2.60 bits per heavy atom. The molecule has 1 fully saturated rings. The van der Waals surface area contributed by atoms with Gasteiger partial charge in [0.15, 0.2) is 0 Å². The van der Waals surface area contributed by atoms with Gasteiger partial charge < -0.3 is 5.32 Å². The maximum absolute atomic E-state index is 12.6. The molecule has 1 aromatic carbocycles. The molecule has 0 bridgehead atoms. The number of nitrogens with zero attached hydrogens (tertiary/aromatic N) is 1. The number of imide groups is 1. The quantitative estimate of drug-likeness (QED) is 0.908. The van der Waals surface area contributed by atoms with E-state index in [1.807, 2.05) is 6.92 Å². The zero-order chi connectivity index (χ0) is 14.9. The van der Waals surface area contributed by atoms with Crippen molar-refractivity contribution in [3.8, 4) is 0 Å². The van der Waals surface area contributed by atoms with Crippen molar-refractivity contribution in [3.63, 3.8) is 0 Å². The van der Waals surface area contributed by atoms with E-state index in [2.05, 4.69) is 5.32 Å². The summed E-state index contributed by atoms with van der Waals surface area (Å²) in [7, 11) is 0. The van der Waals surface area contributed by atoms with Crippen LogP contribution in [-0.4, -0.2) is 18.0 Å². The summed E-state index contributed by atoms with van der Waals surface area (Å²) in [5.41, 5.74) is -0.968. The number of carbonyl (C=O) groups excluding carboxylic acids is 2. The highest BCUT2D eigenvalue weighted by atomic mass is 19.4. The molecule has 1 aliphatic rings. The van der Waals surface area contributed by atoms with Crippen molar-refractivity contribution >= 4 is 17.6 Å². The summed E-state index contributed by atoms with van der Waals surface area (Å²) in [6.45, 7) is 1.82. The monoisotopic (exact) mass is 286 g/mol. The molecule has 1 saturated heterocycles. The van der Waals surface area contributed by atoms with Crippen molar-refractivity contribution in [2.24, 2.45) is 0 Å². The van der Waals surface area contributed by atoms with E-state index >= 15 is 0 Å². The second kappa shape index (κ2) is 5.15. The zero-order valence-electron chi connectivity index (χ0n) is 10.7. The highest BCUT2D eigenvalue weighted by Crippen LogP contribution is 2.32. The van der Waals surface area contributed by atoms with Crippen LogP contribution in [0.2, 0.25) is 0 Å². The molecule has 20 heavy (non-hydrogen) atoms. The SMILES string of the molecule is CCC1CC(=O)N(c2cccc(C(F)(F)F)c2)C(=O)N1. The lowest BCUT2D eigenvalue weighted by Crippen LogP contribution is -2.54. The van der Waals surface area contributed by atoms with Crippen molar-refractivity contribution in [2.45, 2.75) is 32.0 Å². The third-order valence-corrected chi connectivity index (χ3v) is 3.13. The van der Waals surface area contributed by atoms with Gasteiger partial charge in [0.25, 0.3) is 0 Å². The van der Waals surface area contributed by atoms with Gasteiger partial charge in [-0.05, 0) is 24.6 Å². The van der Waals surface area contributed by atoms with Gasteiger partial charge in [0.1, 0.15) is 0 Å². The largest absolute Gasteiger partial charge is 0.416 e. The van der Waals surface area contributed by atoms with Crippen molar-refractivity contribution < 1.29 is 22.8 Å². The lowest BCUT2D eigenvalue weighted by Gasteiger charge is -2.31. The van der Waals surface area contributed by atoms with Crippen molar-refractivity contribution in [3.05, 3.63) is 29.8 Å². The molecule has 0 spiro atoms. The Morgan fingerprint density at radius 1 is 1.35 bits per heavy atom. The van der Waals surface area contributed by atoms with Gasteiger partial charge in [0, 0.05) is 12.5 Å². The van der Waals surface area contributed by atoms with Gasteiger partial charge in [0.05, 0.1) is 11.3 Å². The summed E-state index contributed by atoms with van der Waals surface area (Å²) >= 11 is 0. The van der Waals surface area contributed by atoms with Crippen molar-refractivity contribution in [1.82, 2.24) is 5.32 Å². The Bertz CT molecular complexity index is 525. The fourth-order valence-electron chi connectivity index (χ4n) is 2.03. The number of halogens is 3. The Labute approximate surface area is 113 Å². The van der Waals surface area contributed by atoms with Gasteiger partial charge in [0.2, 0.25) is 5.91 Å². The number of rotatable bonds is 2. The molecule has 1 aliphatic heterocycles. The van der Waals surface area contributed by atoms with Gasteiger partial charge in [-0.2, -0.15) is 13.2 Å². The van der Waals surface area contributed by atoms with Crippen LogP contribution in [0.4, 0.5) is 23.7 Å². The van der Waals surface area contributed by atoms with Crippen LogP contribution in [0.3, 0.4) is 0 Å². The molecule has 1 atom stereocenters. The Hall–Kier alpha value is -2.05. The van der Waals surface area contributed by atoms with Crippen LogP contribution in [0, 0.1) is 0 Å². The average Bonchev–Trinajstić information content (AvgIpc) is 2.37. The van der Waals surface area contributed by atoms with Crippen LogP contribution in [0.1, 0.15) is 25.3 Å². The molecule has 0 aliphatic carbocycles. The van der Waals surface area contributed by atoms with Crippen LogP contribution in [0.25, 0.3) is 0 Å². The molecule has 0 radical (unpaired) electrons. The second-order valence-electron chi connectivity index (χ2n) is 4.54. The maximum atomic E-state index is 12.6. The van der Waals surface area contributed by atoms with Crippen LogP contribution in [-0.2, 0) is 11.0 Å². The summed E-state index contributed by atoms with van der Waals surface area (Å²) < 4.78 is 37.9. The molecule has 1 aromatic rings. The molecular formula is C13H13F3N2O2. The minimum atomic E-state index is -4.52. The fraction of sp³-hybridized carbons (Fsp3) is 0.385. The first kappa shape index (κ1) is 14.4. The van der Waals surface area contributed by atoms with Gasteiger partial charge in [-0.25, -0.2) is 9.69 Å². The number of hydrogen-bond acceptors (Lipinski definition) is 2. The highest BCUT2D eigenvalue weighted by molar-refractivity contribution is 6.16. The number of urea groups is 1. The van der Waals surface area contributed by atoms with Gasteiger partial charge in [-0.1, -0.05) is 13.0 Å². The third kappa shape index (κ3) is 2.76. The molecule has 0 aromatic heterocycles. The van der Waals surface area contributed by atoms with E-state index in [9.17, 15) is 22.8 Å². The van der Waals surface area contributed by atoms with Crippen molar-refractivity contribution in [1.29, 1.82) is 0 Å². The Balaban J connectivity index is 2.32. The van der Waals surface area contributed by atoms with E-state index in [4.69, 9.17) is 0 Å². The summed E-state index contributed by atoms with van der Waals surface area (Å²) in [6.07, 6.45) is -3.84. The molecule has 108 valence electrons. The molecule has 2 rings (SSSR count). The second-order valence-corrected chi connectivity index (χ2v) is 4.54. The van der Waals surface area contributed by atoms with Crippen LogP contribution in [0.5, 0.6) is 0 Å². The van der Waals surface area contributed by atoms with E-state index in [0.29, 0.717) is 6.42 Å². The standard InChI is InChI=1S/C13H13F3N2O2/c1-2-9-7-11(19)18(12(20)17-9)10-5-3-4-8(6-10)13(14,15)16/h3-6,9H,2,7H2,1H3,(H,17,20). The molecule has 1 N–H and O–H groups in total. The minimum Gasteiger partial charge on any atom is -0.334 e. The number of hydrogen-bond donors (Lipinski definition) is 1. The first-order chi connectivity index (χ1) is 9.32. The van der Waals surface area contributed by atoms with Gasteiger partial charge in [-0.3, -0.25) is 4.79 Å². The van der Waals surface area contributed by atoms with Crippen LogP contribution >= 0.6 is 0 Å². The average molecular weight is 286 g/mol. The first-order valence-electron chi connectivity index (χ1n) is 6.13. The number of benzene rings is 1. The predicted octanol–water partition coefficient (Wildman–Crippen LogP) is 2.93. The van der Waals surface area contributed by atoms with E-state index in [1.54, 1.807) is 0 Å². The normalized spacial score (nSPS) is 20.0. The predicted molar refractivity (Wildman–Crippen MR) is 66.2 cm³/mol. The lowest BCUT2D eigenvalue weighted by molar-refractivity contribution is -0.137. The minimum absolute atomic E-state index is 0.0723. The molecular weight excluding hydrogens is 273 g/mol. The van der Waals surface area contributed by atoms with Crippen LogP contribution in [0.15, 0.2) is 24.3 Å². The lowest BCUT2D eigenvalue weighted by atomic mass is 10.1. The Kier molecular flexibility index (Phi) is 3.69. The highest BCUT2D eigenvalue weighted by Gasteiger charge is 2.35. The van der Waals surface area contributed by atoms with Crippen molar-refractivity contribution in [2.75, 3.05) is 4.90 Å². The van der Waals surface area contributed by atoms with Crippen LogP contribution < -0.4 is 10.2 Å². The Morgan fingerprint density at radius 2 is 2.05 bits per heavy atom. The van der Waals surface area contributed by atoms with Gasteiger partial charge >= 0.3 is 12.2 Å². The summed E-state index contributed by atoms with van der Waals surface area (Å²) in [5.74, 6) is -0.500. The smallest absolute Gasteiger partial charge is 0.334 e. The van der Waals surface area contributed by atoms with Gasteiger partial charge in [-0.15, -0.1) is 0 Å². The van der Waals surface area contributed by atoms with E-state index in [-0.39, 0.29) is 18.2 Å². The number of alkyl halides is 3. The number of amides is 3. The first-order valence-corrected chi connectivity index (χ1v) is 6.13. The number of nitrogens with one attached hydrogen (secondary N) is 1. The van der Waals surface area contributed by atoms with E-state index in [0.717, 1.165) is 17.0 Å². The third-order valence-electron chi connectivity index (χ3n) is 3.13. The zero-order valence-corrected chi connectivity index (χ0v) is 10.7. The number of carbonyl (C=O) groups is 2. The maximum Gasteiger partial charge on any atom is 0.416 e. The molecule has 7 heteroatoms. The molecule has 1 heterocycles. The van der Waals surface area contributed by atoms with E-state index in [1.165, 1.54) is 12.1 Å². The summed E-state index contributed by atoms with van der Waals surface area (Å²) in [4.78, 5) is 24.5. The van der Waals surface area contributed by atoms with E-state index < -0.39 is 23.7 Å². The molecule has 0 saturated carbocycles. The summed E-state index contributed by atoms with van der Waals surface area (Å²) in [6, 6.07) is 3.21. The molecule has 1 unspecified atom stereocenters. The number of anilines is 1. The summed E-state index contributed by atoms with van der Waals surface area (Å²) in [5, 5.41) is 2.59. The molecule has 3 amide bonds. The topological polar surface area (TPSA) is 49.4 Å².